The van der Waals surface area contributed by atoms with Crippen molar-refractivity contribution in [1.29, 1.82) is 0 Å². The first-order valence-electron chi connectivity index (χ1n) is 9.86. The molecule has 1 aromatic heterocycles. The third-order valence-electron chi connectivity index (χ3n) is 4.86. The fourth-order valence-corrected chi connectivity index (χ4v) is 3.14. The summed E-state index contributed by atoms with van der Waals surface area (Å²) in [4.78, 5) is 27.9. The Bertz CT molecular complexity index is 928. The summed E-state index contributed by atoms with van der Waals surface area (Å²) in [5, 5.41) is 3.30. The summed E-state index contributed by atoms with van der Waals surface area (Å²) in [6, 6.07) is 7.93. The van der Waals surface area contributed by atoms with Crippen LogP contribution in [0.4, 0.5) is 4.39 Å². The van der Waals surface area contributed by atoms with Gasteiger partial charge in [-0.05, 0) is 44.5 Å². The van der Waals surface area contributed by atoms with Gasteiger partial charge in [-0.3, -0.25) is 14.5 Å². The zero-order chi connectivity index (χ0) is 21.0. The predicted molar refractivity (Wildman–Crippen MR) is 109 cm³/mol. The minimum atomic E-state index is -0.734. The number of ether oxygens (including phenoxy) is 1. The molecule has 156 valence electrons. The molecule has 1 aliphatic heterocycles. The quantitative estimate of drug-likeness (QED) is 0.780. The molecule has 1 aliphatic rings. The smallest absolute Gasteiger partial charge is 0.316 e. The third-order valence-corrected chi connectivity index (χ3v) is 4.86. The van der Waals surface area contributed by atoms with Crippen LogP contribution >= 0.6 is 0 Å². The Labute approximate surface area is 170 Å². The summed E-state index contributed by atoms with van der Waals surface area (Å²) in [5.74, 6) is -0.757. The molecule has 0 bridgehead atoms. The summed E-state index contributed by atoms with van der Waals surface area (Å²) in [5.41, 5.74) is 0.224. The molecule has 1 N–H and O–H groups in total. The highest BCUT2D eigenvalue weighted by Gasteiger charge is 2.27. The molecular weight excluding hydrogens is 373 g/mol. The molecular formula is C22H28FN3O3. The summed E-state index contributed by atoms with van der Waals surface area (Å²) in [7, 11) is 0. The number of piperazine rings is 1. The van der Waals surface area contributed by atoms with E-state index in [0.29, 0.717) is 17.7 Å². The van der Waals surface area contributed by atoms with E-state index in [1.54, 1.807) is 39.1 Å². The molecule has 0 saturated carbocycles. The minimum absolute atomic E-state index is 0.0577. The van der Waals surface area contributed by atoms with Crippen LogP contribution in [0, 0.1) is 11.2 Å². The van der Waals surface area contributed by atoms with Crippen molar-refractivity contribution in [2.75, 3.05) is 26.2 Å². The van der Waals surface area contributed by atoms with E-state index in [1.807, 2.05) is 6.07 Å². The highest BCUT2D eigenvalue weighted by molar-refractivity contribution is 5.78. The number of hydrogen-bond donors (Lipinski definition) is 1. The second kappa shape index (κ2) is 8.88. The molecule has 0 spiro atoms. The molecule has 0 aliphatic carbocycles. The van der Waals surface area contributed by atoms with Crippen molar-refractivity contribution < 1.29 is 13.9 Å². The standard InChI is InChI=1S/C22H28FN3O3/c1-22(2,3)21(28)29-19-17(15-25-11-8-24-9-12-25)7-10-26(20(19)27)14-16-5-4-6-18(23)13-16/h4-7,10,13,24H,8-9,11-12,14-15H2,1-3H3. The number of carbonyl (C=O) groups excluding carboxylic acids is 1. The van der Waals surface area contributed by atoms with Gasteiger partial charge < -0.3 is 14.6 Å². The van der Waals surface area contributed by atoms with Crippen LogP contribution in [-0.2, 0) is 17.9 Å². The van der Waals surface area contributed by atoms with Crippen LogP contribution < -0.4 is 15.6 Å². The predicted octanol–water partition coefficient (Wildman–Crippen LogP) is 2.39. The summed E-state index contributed by atoms with van der Waals surface area (Å²) in [6.45, 7) is 9.47. The fourth-order valence-electron chi connectivity index (χ4n) is 3.14. The average molecular weight is 401 g/mol. The van der Waals surface area contributed by atoms with Gasteiger partial charge in [-0.2, -0.15) is 0 Å². The summed E-state index contributed by atoms with van der Waals surface area (Å²) < 4.78 is 20.6. The van der Waals surface area contributed by atoms with E-state index >= 15 is 0 Å². The molecule has 3 rings (SSSR count). The fraction of sp³-hybridized carbons (Fsp3) is 0.455. The Morgan fingerprint density at radius 1 is 1.17 bits per heavy atom. The van der Waals surface area contributed by atoms with Crippen molar-refractivity contribution >= 4 is 5.97 Å². The first kappa shape index (κ1) is 21.2. The molecule has 29 heavy (non-hydrogen) atoms. The molecule has 1 aromatic carbocycles. The van der Waals surface area contributed by atoms with Crippen LogP contribution in [0.25, 0.3) is 0 Å². The maximum atomic E-state index is 13.5. The number of aromatic nitrogens is 1. The zero-order valence-corrected chi connectivity index (χ0v) is 17.2. The van der Waals surface area contributed by atoms with Crippen molar-refractivity contribution in [1.82, 2.24) is 14.8 Å². The summed E-state index contributed by atoms with van der Waals surface area (Å²) >= 11 is 0. The average Bonchev–Trinajstić information content (AvgIpc) is 2.67. The molecule has 1 saturated heterocycles. The number of halogens is 1. The number of carbonyl (C=O) groups is 1. The monoisotopic (exact) mass is 401 g/mol. The van der Waals surface area contributed by atoms with E-state index in [4.69, 9.17) is 4.74 Å². The Balaban J connectivity index is 1.94. The van der Waals surface area contributed by atoms with Gasteiger partial charge in [0.15, 0.2) is 0 Å². The number of pyridine rings is 1. The third kappa shape index (κ3) is 5.52. The van der Waals surface area contributed by atoms with Gasteiger partial charge in [-0.1, -0.05) is 12.1 Å². The molecule has 0 unspecified atom stereocenters. The highest BCUT2D eigenvalue weighted by Crippen LogP contribution is 2.22. The van der Waals surface area contributed by atoms with Gasteiger partial charge in [0.25, 0.3) is 5.56 Å². The Morgan fingerprint density at radius 3 is 2.55 bits per heavy atom. The first-order chi connectivity index (χ1) is 13.7. The lowest BCUT2D eigenvalue weighted by Crippen LogP contribution is -2.43. The first-order valence-corrected chi connectivity index (χ1v) is 9.86. The SMILES string of the molecule is CC(C)(C)C(=O)Oc1c(CN2CCNCC2)ccn(Cc2cccc(F)c2)c1=O. The number of esters is 1. The second-order valence-corrected chi connectivity index (χ2v) is 8.40. The Morgan fingerprint density at radius 2 is 1.90 bits per heavy atom. The van der Waals surface area contributed by atoms with Crippen LogP contribution in [0.15, 0.2) is 41.3 Å². The number of hydrogen-bond acceptors (Lipinski definition) is 5. The van der Waals surface area contributed by atoms with E-state index in [9.17, 15) is 14.0 Å². The van der Waals surface area contributed by atoms with E-state index in [1.165, 1.54) is 16.7 Å². The van der Waals surface area contributed by atoms with Crippen LogP contribution in [-0.4, -0.2) is 41.6 Å². The van der Waals surface area contributed by atoms with E-state index in [-0.39, 0.29) is 23.7 Å². The topological polar surface area (TPSA) is 63.6 Å². The van der Waals surface area contributed by atoms with Crippen molar-refractivity contribution in [2.24, 2.45) is 5.41 Å². The number of nitrogens with one attached hydrogen (secondary N) is 1. The molecule has 7 heteroatoms. The van der Waals surface area contributed by atoms with Crippen LogP contribution in [0.3, 0.4) is 0 Å². The van der Waals surface area contributed by atoms with Crippen molar-refractivity contribution in [2.45, 2.75) is 33.9 Å². The van der Waals surface area contributed by atoms with Crippen LogP contribution in [0.1, 0.15) is 31.9 Å². The lowest BCUT2D eigenvalue weighted by molar-refractivity contribution is -0.143. The van der Waals surface area contributed by atoms with Gasteiger partial charge in [-0.25, -0.2) is 4.39 Å². The lowest BCUT2D eigenvalue weighted by Gasteiger charge is -2.28. The highest BCUT2D eigenvalue weighted by atomic mass is 19.1. The second-order valence-electron chi connectivity index (χ2n) is 8.40. The number of rotatable bonds is 5. The lowest BCUT2D eigenvalue weighted by atomic mass is 9.97. The van der Waals surface area contributed by atoms with Gasteiger partial charge in [-0.15, -0.1) is 0 Å². The van der Waals surface area contributed by atoms with Gasteiger partial charge in [0, 0.05) is 44.5 Å². The van der Waals surface area contributed by atoms with E-state index in [2.05, 4.69) is 10.2 Å². The van der Waals surface area contributed by atoms with Gasteiger partial charge in [0.1, 0.15) is 5.82 Å². The maximum Gasteiger partial charge on any atom is 0.316 e. The zero-order valence-electron chi connectivity index (χ0n) is 17.2. The molecule has 6 nitrogen and oxygen atoms in total. The molecule has 0 radical (unpaired) electrons. The van der Waals surface area contributed by atoms with Gasteiger partial charge in [0.2, 0.25) is 5.75 Å². The number of benzene rings is 1. The Kier molecular flexibility index (Phi) is 6.49. The largest absolute Gasteiger partial charge is 0.420 e. The van der Waals surface area contributed by atoms with Gasteiger partial charge in [0.05, 0.1) is 12.0 Å². The van der Waals surface area contributed by atoms with Crippen molar-refractivity contribution in [3.63, 3.8) is 0 Å². The molecule has 2 aromatic rings. The normalized spacial score (nSPS) is 15.3. The molecule has 0 atom stereocenters. The van der Waals surface area contributed by atoms with E-state index in [0.717, 1.165) is 26.2 Å². The van der Waals surface area contributed by atoms with E-state index < -0.39 is 11.4 Å². The van der Waals surface area contributed by atoms with Crippen molar-refractivity contribution in [3.8, 4) is 5.75 Å². The van der Waals surface area contributed by atoms with Crippen LogP contribution in [0.2, 0.25) is 0 Å². The number of nitrogens with zero attached hydrogens (tertiary/aromatic N) is 2. The molecule has 1 fully saturated rings. The Hall–Kier alpha value is -2.51. The van der Waals surface area contributed by atoms with Gasteiger partial charge >= 0.3 is 5.97 Å². The molecule has 0 amide bonds. The van der Waals surface area contributed by atoms with Crippen molar-refractivity contribution in [3.05, 3.63) is 63.8 Å². The summed E-state index contributed by atoms with van der Waals surface area (Å²) in [6.07, 6.45) is 1.68. The minimum Gasteiger partial charge on any atom is -0.420 e. The molecule has 2 heterocycles. The maximum absolute atomic E-state index is 13.5. The van der Waals surface area contributed by atoms with Crippen LogP contribution in [0.5, 0.6) is 5.75 Å².